The Hall–Kier alpha value is -1.26. The lowest BCUT2D eigenvalue weighted by atomic mass is 9.68. The minimum Gasteiger partial charge on any atom is -0.480 e. The number of carboxylic acids is 1. The summed E-state index contributed by atoms with van der Waals surface area (Å²) >= 11 is 0. The first-order valence-electron chi connectivity index (χ1n) is 7.88. The van der Waals surface area contributed by atoms with Crippen molar-refractivity contribution in [1.82, 2.24) is 10.6 Å². The predicted molar refractivity (Wildman–Crippen MR) is 80.9 cm³/mol. The van der Waals surface area contributed by atoms with Crippen LogP contribution < -0.4 is 10.6 Å². The van der Waals surface area contributed by atoms with Crippen molar-refractivity contribution < 1.29 is 14.7 Å². The van der Waals surface area contributed by atoms with E-state index in [-0.39, 0.29) is 28.8 Å². The molecule has 2 fully saturated rings. The lowest BCUT2D eigenvalue weighted by Crippen LogP contribution is -2.57. The quantitative estimate of drug-likeness (QED) is 0.746. The van der Waals surface area contributed by atoms with Crippen molar-refractivity contribution in [2.24, 2.45) is 22.7 Å². The molecule has 3 unspecified atom stereocenters. The van der Waals surface area contributed by atoms with Gasteiger partial charge >= 0.3 is 12.0 Å². The minimum atomic E-state index is -0.987. The molecule has 0 radical (unpaired) electrons. The van der Waals surface area contributed by atoms with Crippen LogP contribution in [0.3, 0.4) is 0 Å². The molecule has 2 saturated carbocycles. The van der Waals surface area contributed by atoms with Crippen molar-refractivity contribution in [2.45, 2.75) is 66.0 Å². The van der Waals surface area contributed by atoms with Gasteiger partial charge in [0.1, 0.15) is 6.04 Å². The first-order chi connectivity index (χ1) is 9.58. The van der Waals surface area contributed by atoms with Gasteiger partial charge in [-0.15, -0.1) is 0 Å². The summed E-state index contributed by atoms with van der Waals surface area (Å²) in [6, 6.07) is -1.10. The summed E-state index contributed by atoms with van der Waals surface area (Å²) in [4.78, 5) is 23.4. The maximum atomic E-state index is 12.2. The van der Waals surface area contributed by atoms with Crippen molar-refractivity contribution in [3.05, 3.63) is 0 Å². The van der Waals surface area contributed by atoms with E-state index < -0.39 is 12.0 Å². The smallest absolute Gasteiger partial charge is 0.326 e. The van der Waals surface area contributed by atoms with Crippen molar-refractivity contribution >= 4 is 12.0 Å². The number of hydrogen-bond donors (Lipinski definition) is 3. The summed E-state index contributed by atoms with van der Waals surface area (Å²) in [5, 5.41) is 14.8. The highest BCUT2D eigenvalue weighted by molar-refractivity contribution is 5.83. The summed E-state index contributed by atoms with van der Waals surface area (Å²) < 4.78 is 0. The number of urea groups is 1. The third-order valence-corrected chi connectivity index (χ3v) is 5.76. The van der Waals surface area contributed by atoms with E-state index in [1.165, 1.54) is 6.42 Å². The average molecular weight is 296 g/mol. The summed E-state index contributed by atoms with van der Waals surface area (Å²) in [5.41, 5.74) is 0.211. The number of nitrogens with one attached hydrogen (secondary N) is 2. The van der Waals surface area contributed by atoms with E-state index in [2.05, 4.69) is 31.4 Å². The number of fused-ring (bicyclic) bond motifs is 2. The Bertz CT molecular complexity index is 442. The van der Waals surface area contributed by atoms with Gasteiger partial charge in [0.2, 0.25) is 0 Å². The van der Waals surface area contributed by atoms with Gasteiger partial charge in [-0.2, -0.15) is 0 Å². The first-order valence-corrected chi connectivity index (χ1v) is 7.88. The van der Waals surface area contributed by atoms with E-state index in [1.807, 2.05) is 0 Å². The number of rotatable bonds is 4. The lowest BCUT2D eigenvalue weighted by molar-refractivity contribution is -0.140. The van der Waals surface area contributed by atoms with Crippen molar-refractivity contribution in [3.8, 4) is 0 Å². The van der Waals surface area contributed by atoms with Crippen LogP contribution in [0.15, 0.2) is 0 Å². The highest BCUT2D eigenvalue weighted by atomic mass is 16.4. The standard InChI is InChI=1S/C16H28N2O3/c1-9(2)11(12(19)20)17-14(21)18-13-15(3,4)10-6-7-16(13,5)8-10/h9-11,13H,6-8H2,1-5H3,(H,19,20)(H2,17,18,21)/t10?,11-,13?,16?/m0/s1. The Morgan fingerprint density at radius 1 is 1.24 bits per heavy atom. The lowest BCUT2D eigenvalue weighted by Gasteiger charge is -2.43. The van der Waals surface area contributed by atoms with Crippen LogP contribution in [0.4, 0.5) is 4.79 Å². The first kappa shape index (κ1) is 16.1. The average Bonchev–Trinajstić information content (AvgIpc) is 2.82. The van der Waals surface area contributed by atoms with Gasteiger partial charge in [-0.1, -0.05) is 34.6 Å². The van der Waals surface area contributed by atoms with Crippen molar-refractivity contribution in [3.63, 3.8) is 0 Å². The van der Waals surface area contributed by atoms with E-state index in [0.717, 1.165) is 12.8 Å². The highest BCUT2D eigenvalue weighted by Crippen LogP contribution is 2.62. The summed E-state index contributed by atoms with van der Waals surface area (Å²) in [6.45, 7) is 10.3. The molecule has 5 nitrogen and oxygen atoms in total. The number of carbonyl (C=O) groups is 2. The molecule has 2 aliphatic rings. The summed E-state index contributed by atoms with van der Waals surface area (Å²) in [5.74, 6) is -0.483. The number of hydrogen-bond acceptors (Lipinski definition) is 2. The maximum absolute atomic E-state index is 12.2. The topological polar surface area (TPSA) is 78.4 Å². The van der Waals surface area contributed by atoms with Gasteiger partial charge < -0.3 is 15.7 Å². The molecule has 5 heteroatoms. The molecule has 0 spiro atoms. The van der Waals surface area contributed by atoms with Crippen LogP contribution >= 0.6 is 0 Å². The van der Waals surface area contributed by atoms with Crippen molar-refractivity contribution in [2.75, 3.05) is 0 Å². The van der Waals surface area contributed by atoms with Crippen LogP contribution in [0.25, 0.3) is 0 Å². The molecule has 120 valence electrons. The van der Waals surface area contributed by atoms with Gasteiger partial charge in [-0.05, 0) is 41.9 Å². The fraction of sp³-hybridized carbons (Fsp3) is 0.875. The zero-order valence-electron chi connectivity index (χ0n) is 13.7. The van der Waals surface area contributed by atoms with E-state index in [0.29, 0.717) is 5.92 Å². The summed E-state index contributed by atoms with van der Waals surface area (Å²) in [7, 11) is 0. The van der Waals surface area contributed by atoms with Gasteiger partial charge in [0.15, 0.2) is 0 Å². The molecule has 0 aromatic rings. The Labute approximate surface area is 126 Å². The van der Waals surface area contributed by atoms with Crippen molar-refractivity contribution in [1.29, 1.82) is 0 Å². The Morgan fingerprint density at radius 2 is 1.86 bits per heavy atom. The predicted octanol–water partition coefficient (Wildman–Crippen LogP) is 2.61. The second kappa shape index (κ2) is 5.18. The molecule has 0 aromatic heterocycles. The monoisotopic (exact) mass is 296 g/mol. The third kappa shape index (κ3) is 2.74. The molecule has 2 aliphatic carbocycles. The van der Waals surface area contributed by atoms with Crippen LogP contribution in [0.5, 0.6) is 0 Å². The van der Waals surface area contributed by atoms with Gasteiger partial charge in [0.25, 0.3) is 0 Å². The molecule has 0 saturated heterocycles. The number of aliphatic carboxylic acids is 1. The number of carbonyl (C=O) groups excluding carboxylic acids is 1. The fourth-order valence-electron chi connectivity index (χ4n) is 4.49. The van der Waals surface area contributed by atoms with Gasteiger partial charge in [0.05, 0.1) is 0 Å². The van der Waals surface area contributed by atoms with Gasteiger partial charge in [-0.3, -0.25) is 0 Å². The van der Waals surface area contributed by atoms with Crippen LogP contribution in [0.1, 0.15) is 53.9 Å². The zero-order chi connectivity index (χ0) is 16.0. The van der Waals surface area contributed by atoms with Crippen LogP contribution in [0, 0.1) is 22.7 Å². The van der Waals surface area contributed by atoms with Crippen LogP contribution in [-0.4, -0.2) is 29.2 Å². The van der Waals surface area contributed by atoms with E-state index in [1.54, 1.807) is 13.8 Å². The van der Waals surface area contributed by atoms with Crippen LogP contribution in [0.2, 0.25) is 0 Å². The molecule has 0 heterocycles. The molecule has 4 atom stereocenters. The fourth-order valence-corrected chi connectivity index (χ4v) is 4.49. The van der Waals surface area contributed by atoms with E-state index in [4.69, 9.17) is 5.11 Å². The maximum Gasteiger partial charge on any atom is 0.326 e. The molecular weight excluding hydrogens is 268 g/mol. The van der Waals surface area contributed by atoms with E-state index in [9.17, 15) is 9.59 Å². The molecule has 0 aliphatic heterocycles. The number of amides is 2. The molecule has 21 heavy (non-hydrogen) atoms. The number of carboxylic acid groups (broad SMARTS) is 1. The molecule has 2 bridgehead atoms. The molecule has 0 aromatic carbocycles. The Morgan fingerprint density at radius 3 is 2.29 bits per heavy atom. The largest absolute Gasteiger partial charge is 0.480 e. The van der Waals surface area contributed by atoms with E-state index >= 15 is 0 Å². The van der Waals surface area contributed by atoms with Gasteiger partial charge in [-0.25, -0.2) is 9.59 Å². The third-order valence-electron chi connectivity index (χ3n) is 5.76. The second-order valence-corrected chi connectivity index (χ2v) is 8.03. The van der Waals surface area contributed by atoms with Gasteiger partial charge in [0, 0.05) is 6.04 Å². The SMILES string of the molecule is CC(C)[C@H](NC(=O)NC1C2(C)CCC(C2)C1(C)C)C(=O)O. The molecular formula is C16H28N2O3. The molecule has 2 rings (SSSR count). The molecule has 3 N–H and O–H groups in total. The minimum absolute atomic E-state index is 0.0703. The Balaban J connectivity index is 2.04. The molecule has 2 amide bonds. The zero-order valence-corrected chi connectivity index (χ0v) is 13.7. The Kier molecular flexibility index (Phi) is 3.98. The normalized spacial score (nSPS) is 34.8. The highest BCUT2D eigenvalue weighted by Gasteiger charge is 2.59. The van der Waals surface area contributed by atoms with Crippen LogP contribution in [-0.2, 0) is 4.79 Å². The second-order valence-electron chi connectivity index (χ2n) is 8.03. The summed E-state index contributed by atoms with van der Waals surface area (Å²) in [6.07, 6.45) is 3.52.